The average Bonchev–Trinajstić information content (AvgIpc) is 3.08. The summed E-state index contributed by atoms with van der Waals surface area (Å²) in [5.74, 6) is -0.320. The Hall–Kier alpha value is -1.17. The highest BCUT2D eigenvalue weighted by atomic mass is 16.3. The third kappa shape index (κ3) is 34.7. The van der Waals surface area contributed by atoms with Gasteiger partial charge in [0.15, 0.2) is 0 Å². The Balaban J connectivity index is 3.67. The molecular formula is C43H83NO4. The molecule has 3 atom stereocenters. The Morgan fingerprint density at radius 3 is 1.27 bits per heavy atom. The quantitative estimate of drug-likeness (QED) is 0.0387. The van der Waals surface area contributed by atoms with Crippen molar-refractivity contribution in [3.63, 3.8) is 0 Å². The molecule has 0 fully saturated rings. The third-order valence-electron chi connectivity index (χ3n) is 9.73. The van der Waals surface area contributed by atoms with Crippen molar-refractivity contribution >= 4 is 5.91 Å². The second-order valence-electron chi connectivity index (χ2n) is 14.6. The van der Waals surface area contributed by atoms with E-state index < -0.39 is 18.2 Å². The first-order valence-corrected chi connectivity index (χ1v) is 21.1. The highest BCUT2D eigenvalue weighted by Crippen LogP contribution is 2.15. The summed E-state index contributed by atoms with van der Waals surface area (Å²) in [6, 6.07) is -0.743. The maximum absolute atomic E-state index is 12.4. The van der Waals surface area contributed by atoms with E-state index in [9.17, 15) is 20.1 Å². The topological polar surface area (TPSA) is 89.8 Å². The molecule has 284 valence electrons. The number of rotatable bonds is 38. The number of allylic oxidation sites excluding steroid dienone is 3. The summed E-state index contributed by atoms with van der Waals surface area (Å²) >= 11 is 0. The molecule has 0 saturated carbocycles. The predicted octanol–water partition coefficient (Wildman–Crippen LogP) is 11.8. The van der Waals surface area contributed by atoms with E-state index in [4.69, 9.17) is 0 Å². The van der Waals surface area contributed by atoms with Crippen LogP contribution < -0.4 is 5.32 Å². The molecule has 0 aliphatic heterocycles. The zero-order valence-electron chi connectivity index (χ0n) is 32.1. The smallest absolute Gasteiger partial charge is 0.222 e. The second kappa shape index (κ2) is 38.6. The lowest BCUT2D eigenvalue weighted by molar-refractivity contribution is -0.124. The largest absolute Gasteiger partial charge is 0.394 e. The zero-order valence-corrected chi connectivity index (χ0v) is 32.1. The molecule has 0 spiro atoms. The van der Waals surface area contributed by atoms with Crippen LogP contribution in [0.15, 0.2) is 24.3 Å². The van der Waals surface area contributed by atoms with E-state index in [1.54, 1.807) is 6.08 Å². The van der Waals surface area contributed by atoms with Crippen molar-refractivity contribution in [2.75, 3.05) is 6.61 Å². The lowest BCUT2D eigenvalue weighted by Crippen LogP contribution is -2.45. The van der Waals surface area contributed by atoms with Gasteiger partial charge in [0, 0.05) is 0 Å². The van der Waals surface area contributed by atoms with Crippen LogP contribution in [-0.4, -0.2) is 46.1 Å². The van der Waals surface area contributed by atoms with E-state index in [0.29, 0.717) is 6.42 Å². The fraction of sp³-hybridized carbons (Fsp3) is 0.884. The van der Waals surface area contributed by atoms with Gasteiger partial charge in [0.05, 0.1) is 31.3 Å². The van der Waals surface area contributed by atoms with Crippen LogP contribution in [0.1, 0.15) is 219 Å². The van der Waals surface area contributed by atoms with Gasteiger partial charge in [-0.3, -0.25) is 4.79 Å². The summed E-state index contributed by atoms with van der Waals surface area (Å²) in [6.07, 6.45) is 46.0. The van der Waals surface area contributed by atoms with E-state index >= 15 is 0 Å². The van der Waals surface area contributed by atoms with Crippen molar-refractivity contribution in [2.24, 2.45) is 0 Å². The van der Waals surface area contributed by atoms with Crippen LogP contribution in [-0.2, 0) is 4.79 Å². The number of aliphatic hydroxyl groups excluding tert-OH is 3. The molecule has 0 aromatic rings. The maximum atomic E-state index is 12.4. The van der Waals surface area contributed by atoms with Crippen LogP contribution in [0.4, 0.5) is 0 Å². The van der Waals surface area contributed by atoms with Gasteiger partial charge in [-0.1, -0.05) is 192 Å². The summed E-state index contributed by atoms with van der Waals surface area (Å²) in [5.41, 5.74) is 0. The van der Waals surface area contributed by atoms with Crippen LogP contribution in [0.2, 0.25) is 0 Å². The standard InChI is InChI=1S/C43H83NO4/c1-3-5-7-9-11-13-15-17-18-19-20-21-22-23-25-26-28-30-32-34-36-40(46)38-43(48)44-41(39-45)42(47)37-35-33-31-29-27-24-16-14-12-10-8-6-4-2/h22-23,35,37,40-42,45-47H,3-21,24-34,36,38-39H2,1-2H3,(H,44,48)/b23-22-,37-35+. The van der Waals surface area contributed by atoms with E-state index in [-0.39, 0.29) is 18.9 Å². The van der Waals surface area contributed by atoms with Gasteiger partial charge < -0.3 is 20.6 Å². The van der Waals surface area contributed by atoms with Crippen LogP contribution in [0.5, 0.6) is 0 Å². The normalized spacial score (nSPS) is 13.9. The maximum Gasteiger partial charge on any atom is 0.222 e. The molecule has 0 radical (unpaired) electrons. The molecule has 4 N–H and O–H groups in total. The SMILES string of the molecule is CCCCCCCCCCCCC/C=C\CCCCCCCC(O)CC(=O)NC(CO)C(O)/C=C/CCCCCCCCCCCCC. The Bertz CT molecular complexity index is 709. The molecule has 0 bridgehead atoms. The monoisotopic (exact) mass is 678 g/mol. The van der Waals surface area contributed by atoms with Crippen LogP contribution in [0.25, 0.3) is 0 Å². The second-order valence-corrected chi connectivity index (χ2v) is 14.6. The van der Waals surface area contributed by atoms with Crippen LogP contribution >= 0.6 is 0 Å². The van der Waals surface area contributed by atoms with Gasteiger partial charge in [-0.2, -0.15) is 0 Å². The minimum Gasteiger partial charge on any atom is -0.394 e. The zero-order chi connectivity index (χ0) is 35.2. The molecule has 0 aromatic heterocycles. The number of carbonyl (C=O) groups excluding carboxylic acids is 1. The van der Waals surface area contributed by atoms with Crippen molar-refractivity contribution in [2.45, 2.75) is 238 Å². The summed E-state index contributed by atoms with van der Waals surface area (Å²) in [6.45, 7) is 4.21. The first kappa shape index (κ1) is 46.8. The Morgan fingerprint density at radius 1 is 0.521 bits per heavy atom. The van der Waals surface area contributed by atoms with Gasteiger partial charge in [0.25, 0.3) is 0 Å². The van der Waals surface area contributed by atoms with Crippen molar-refractivity contribution in [3.05, 3.63) is 24.3 Å². The molecule has 3 unspecified atom stereocenters. The number of nitrogens with one attached hydrogen (secondary N) is 1. The Labute approximate surface area is 299 Å². The van der Waals surface area contributed by atoms with Crippen molar-refractivity contribution in [1.82, 2.24) is 5.32 Å². The minimum atomic E-state index is -0.928. The van der Waals surface area contributed by atoms with Gasteiger partial charge in [-0.25, -0.2) is 0 Å². The van der Waals surface area contributed by atoms with E-state index in [1.807, 2.05) is 6.08 Å². The molecule has 5 heteroatoms. The number of aliphatic hydroxyl groups is 3. The number of hydrogen-bond donors (Lipinski definition) is 4. The summed E-state index contributed by atoms with van der Waals surface area (Å²) in [4.78, 5) is 12.4. The average molecular weight is 678 g/mol. The first-order chi connectivity index (χ1) is 23.5. The van der Waals surface area contributed by atoms with E-state index in [1.165, 1.54) is 154 Å². The molecule has 48 heavy (non-hydrogen) atoms. The van der Waals surface area contributed by atoms with Crippen molar-refractivity contribution < 1.29 is 20.1 Å². The molecule has 0 rings (SSSR count). The number of carbonyl (C=O) groups is 1. The third-order valence-corrected chi connectivity index (χ3v) is 9.73. The van der Waals surface area contributed by atoms with E-state index in [0.717, 1.165) is 38.5 Å². The van der Waals surface area contributed by atoms with Crippen LogP contribution in [0, 0.1) is 0 Å². The highest BCUT2D eigenvalue weighted by Gasteiger charge is 2.20. The molecule has 0 aliphatic rings. The highest BCUT2D eigenvalue weighted by molar-refractivity contribution is 5.76. The van der Waals surface area contributed by atoms with Gasteiger partial charge >= 0.3 is 0 Å². The Morgan fingerprint density at radius 2 is 0.875 bits per heavy atom. The van der Waals surface area contributed by atoms with Gasteiger partial charge in [0.1, 0.15) is 0 Å². The Kier molecular flexibility index (Phi) is 37.7. The van der Waals surface area contributed by atoms with Gasteiger partial charge in [-0.05, 0) is 44.9 Å². The molecule has 0 aliphatic carbocycles. The molecule has 0 aromatic carbocycles. The molecule has 0 heterocycles. The first-order valence-electron chi connectivity index (χ1n) is 21.1. The van der Waals surface area contributed by atoms with Gasteiger partial charge in [0.2, 0.25) is 5.91 Å². The lowest BCUT2D eigenvalue weighted by atomic mass is 10.0. The minimum absolute atomic E-state index is 0.00952. The summed E-state index contributed by atoms with van der Waals surface area (Å²) in [7, 11) is 0. The van der Waals surface area contributed by atoms with Crippen molar-refractivity contribution in [1.29, 1.82) is 0 Å². The fourth-order valence-electron chi connectivity index (χ4n) is 6.45. The number of hydrogen-bond acceptors (Lipinski definition) is 4. The number of amides is 1. The van der Waals surface area contributed by atoms with E-state index in [2.05, 4.69) is 31.3 Å². The van der Waals surface area contributed by atoms with Gasteiger partial charge in [-0.15, -0.1) is 0 Å². The summed E-state index contributed by atoms with van der Waals surface area (Å²) < 4.78 is 0. The van der Waals surface area contributed by atoms with Crippen molar-refractivity contribution in [3.8, 4) is 0 Å². The number of unbranched alkanes of at least 4 members (excludes halogenated alkanes) is 27. The lowest BCUT2D eigenvalue weighted by Gasteiger charge is -2.21. The molecule has 1 amide bonds. The molecular weight excluding hydrogens is 594 g/mol. The van der Waals surface area contributed by atoms with Crippen LogP contribution in [0.3, 0.4) is 0 Å². The fourth-order valence-corrected chi connectivity index (χ4v) is 6.45. The molecule has 0 saturated heterocycles. The predicted molar refractivity (Wildman–Crippen MR) is 208 cm³/mol. The summed E-state index contributed by atoms with van der Waals surface area (Å²) in [5, 5.41) is 33.1. The molecule has 5 nitrogen and oxygen atoms in total.